The molecule has 2 aromatic carbocycles. The van der Waals surface area contributed by atoms with Crippen molar-refractivity contribution in [2.45, 2.75) is 13.5 Å². The molecule has 1 heterocycles. The van der Waals surface area contributed by atoms with Crippen molar-refractivity contribution < 1.29 is 0 Å². The van der Waals surface area contributed by atoms with Crippen LogP contribution in [0.1, 0.15) is 11.4 Å². The molecule has 0 fully saturated rings. The number of hydrogen-bond donors (Lipinski definition) is 2. The van der Waals surface area contributed by atoms with E-state index in [0.717, 1.165) is 5.69 Å². The van der Waals surface area contributed by atoms with Gasteiger partial charge < -0.3 is 10.3 Å². The van der Waals surface area contributed by atoms with Gasteiger partial charge in [-0.1, -0.05) is 23.7 Å². The van der Waals surface area contributed by atoms with Gasteiger partial charge in [-0.3, -0.25) is 4.79 Å². The van der Waals surface area contributed by atoms with E-state index in [1.807, 2.05) is 31.2 Å². The van der Waals surface area contributed by atoms with Crippen molar-refractivity contribution in [2.75, 3.05) is 5.32 Å². The third-order valence-electron chi connectivity index (χ3n) is 3.20. The lowest BCUT2D eigenvalue weighted by Gasteiger charge is -2.07. The summed E-state index contributed by atoms with van der Waals surface area (Å²) in [7, 11) is 0. The number of H-pyrrole nitrogens is 1. The number of aromatic amines is 1. The standard InChI is InChI=1S/C16H14ClN3O/c1-10-3-2-4-12(7-10)18-9-15-19-14-8-11(17)5-6-13(14)16(21)20-15/h2-8,18H,9H2,1H3,(H,19,20,21). The molecule has 0 saturated heterocycles. The summed E-state index contributed by atoms with van der Waals surface area (Å²) in [5.74, 6) is 0.580. The van der Waals surface area contributed by atoms with Crippen molar-refractivity contribution in [1.29, 1.82) is 0 Å². The fourth-order valence-corrected chi connectivity index (χ4v) is 2.35. The molecule has 0 atom stereocenters. The first-order valence-corrected chi connectivity index (χ1v) is 6.98. The van der Waals surface area contributed by atoms with E-state index in [1.54, 1.807) is 18.2 Å². The molecule has 0 saturated carbocycles. The lowest BCUT2D eigenvalue weighted by molar-refractivity contribution is 0.953. The zero-order valence-electron chi connectivity index (χ0n) is 11.5. The predicted molar refractivity (Wildman–Crippen MR) is 85.9 cm³/mol. The van der Waals surface area contributed by atoms with E-state index >= 15 is 0 Å². The van der Waals surface area contributed by atoms with E-state index in [4.69, 9.17) is 11.6 Å². The maximum Gasteiger partial charge on any atom is 0.258 e. The molecule has 0 radical (unpaired) electrons. The summed E-state index contributed by atoms with van der Waals surface area (Å²) >= 11 is 5.95. The minimum atomic E-state index is -0.155. The van der Waals surface area contributed by atoms with Crippen LogP contribution in [-0.4, -0.2) is 9.97 Å². The second-order valence-electron chi connectivity index (χ2n) is 4.90. The highest BCUT2D eigenvalue weighted by Gasteiger charge is 2.04. The Labute approximate surface area is 126 Å². The van der Waals surface area contributed by atoms with Crippen molar-refractivity contribution in [1.82, 2.24) is 9.97 Å². The Bertz CT molecular complexity index is 858. The van der Waals surface area contributed by atoms with Crippen molar-refractivity contribution in [2.24, 2.45) is 0 Å². The lowest BCUT2D eigenvalue weighted by Crippen LogP contribution is -2.14. The van der Waals surface area contributed by atoms with Gasteiger partial charge in [0, 0.05) is 10.7 Å². The number of nitrogens with one attached hydrogen (secondary N) is 2. The maximum atomic E-state index is 12.0. The van der Waals surface area contributed by atoms with Crippen LogP contribution < -0.4 is 10.9 Å². The number of benzene rings is 2. The first-order valence-electron chi connectivity index (χ1n) is 6.61. The average Bonchev–Trinajstić information content (AvgIpc) is 2.45. The van der Waals surface area contributed by atoms with E-state index in [-0.39, 0.29) is 5.56 Å². The maximum absolute atomic E-state index is 12.0. The molecular formula is C16H14ClN3O. The molecule has 0 unspecified atom stereocenters. The molecule has 0 amide bonds. The Morgan fingerprint density at radius 1 is 1.24 bits per heavy atom. The van der Waals surface area contributed by atoms with Gasteiger partial charge >= 0.3 is 0 Å². The van der Waals surface area contributed by atoms with E-state index in [2.05, 4.69) is 15.3 Å². The van der Waals surface area contributed by atoms with Crippen LogP contribution in [0.15, 0.2) is 47.3 Å². The molecule has 0 aliphatic heterocycles. The Kier molecular flexibility index (Phi) is 3.62. The first-order chi connectivity index (χ1) is 10.1. The minimum Gasteiger partial charge on any atom is -0.378 e. The normalized spacial score (nSPS) is 10.8. The summed E-state index contributed by atoms with van der Waals surface area (Å²) in [5, 5.41) is 4.35. The first kappa shape index (κ1) is 13.6. The van der Waals surface area contributed by atoms with Gasteiger partial charge in [0.25, 0.3) is 5.56 Å². The molecule has 2 N–H and O–H groups in total. The van der Waals surface area contributed by atoms with Gasteiger partial charge in [0.1, 0.15) is 5.82 Å². The summed E-state index contributed by atoms with van der Waals surface area (Å²) in [6, 6.07) is 13.1. The SMILES string of the molecule is Cc1cccc(NCc2nc3cc(Cl)ccc3c(=O)[nH]2)c1. The molecule has 21 heavy (non-hydrogen) atoms. The summed E-state index contributed by atoms with van der Waals surface area (Å²) in [4.78, 5) is 19.2. The quantitative estimate of drug-likeness (QED) is 0.778. The van der Waals surface area contributed by atoms with Crippen molar-refractivity contribution >= 4 is 28.2 Å². The second kappa shape index (κ2) is 5.58. The van der Waals surface area contributed by atoms with Gasteiger partial charge in [0.15, 0.2) is 0 Å². The third-order valence-corrected chi connectivity index (χ3v) is 3.43. The summed E-state index contributed by atoms with van der Waals surface area (Å²) in [6.07, 6.45) is 0. The van der Waals surface area contributed by atoms with Gasteiger partial charge in [0.2, 0.25) is 0 Å². The minimum absolute atomic E-state index is 0.155. The zero-order valence-corrected chi connectivity index (χ0v) is 12.2. The molecule has 3 aromatic rings. The fraction of sp³-hybridized carbons (Fsp3) is 0.125. The molecule has 1 aromatic heterocycles. The number of fused-ring (bicyclic) bond motifs is 1. The van der Waals surface area contributed by atoms with Crippen LogP contribution in [-0.2, 0) is 6.54 Å². The van der Waals surface area contributed by atoms with Gasteiger partial charge in [0.05, 0.1) is 17.4 Å². The molecule has 5 heteroatoms. The van der Waals surface area contributed by atoms with Crippen LogP contribution in [0.4, 0.5) is 5.69 Å². The number of hydrogen-bond acceptors (Lipinski definition) is 3. The van der Waals surface area contributed by atoms with E-state index < -0.39 is 0 Å². The zero-order chi connectivity index (χ0) is 14.8. The third kappa shape index (κ3) is 3.06. The molecule has 0 bridgehead atoms. The number of aromatic nitrogens is 2. The molecule has 0 aliphatic rings. The van der Waals surface area contributed by atoms with Crippen LogP contribution >= 0.6 is 11.6 Å². The lowest BCUT2D eigenvalue weighted by atomic mass is 10.2. The second-order valence-corrected chi connectivity index (χ2v) is 5.33. The van der Waals surface area contributed by atoms with Crippen LogP contribution in [0.5, 0.6) is 0 Å². The Hall–Kier alpha value is -2.33. The number of anilines is 1. The van der Waals surface area contributed by atoms with Gasteiger partial charge in [-0.2, -0.15) is 0 Å². The average molecular weight is 300 g/mol. The van der Waals surface area contributed by atoms with E-state index in [0.29, 0.717) is 28.3 Å². The Morgan fingerprint density at radius 3 is 2.90 bits per heavy atom. The molecule has 4 nitrogen and oxygen atoms in total. The number of nitrogens with zero attached hydrogens (tertiary/aromatic N) is 1. The molecular weight excluding hydrogens is 286 g/mol. The molecule has 3 rings (SSSR count). The Morgan fingerprint density at radius 2 is 2.10 bits per heavy atom. The highest BCUT2D eigenvalue weighted by Crippen LogP contribution is 2.15. The van der Waals surface area contributed by atoms with Crippen molar-refractivity contribution in [3.8, 4) is 0 Å². The number of halogens is 1. The smallest absolute Gasteiger partial charge is 0.258 e. The number of aryl methyl sites for hydroxylation is 1. The van der Waals surface area contributed by atoms with E-state index in [1.165, 1.54) is 5.56 Å². The van der Waals surface area contributed by atoms with E-state index in [9.17, 15) is 4.79 Å². The summed E-state index contributed by atoms with van der Waals surface area (Å²) in [6.45, 7) is 2.48. The van der Waals surface area contributed by atoms with Crippen LogP contribution in [0.3, 0.4) is 0 Å². The molecule has 106 valence electrons. The van der Waals surface area contributed by atoms with Crippen LogP contribution in [0.2, 0.25) is 5.02 Å². The summed E-state index contributed by atoms with van der Waals surface area (Å²) in [5.41, 5.74) is 2.61. The highest BCUT2D eigenvalue weighted by molar-refractivity contribution is 6.31. The van der Waals surface area contributed by atoms with Crippen molar-refractivity contribution in [3.63, 3.8) is 0 Å². The largest absolute Gasteiger partial charge is 0.378 e. The van der Waals surface area contributed by atoms with Gasteiger partial charge in [-0.15, -0.1) is 0 Å². The number of rotatable bonds is 3. The highest BCUT2D eigenvalue weighted by atomic mass is 35.5. The van der Waals surface area contributed by atoms with Crippen LogP contribution in [0.25, 0.3) is 10.9 Å². The van der Waals surface area contributed by atoms with Crippen molar-refractivity contribution in [3.05, 3.63) is 69.2 Å². The monoisotopic (exact) mass is 299 g/mol. The topological polar surface area (TPSA) is 57.8 Å². The Balaban J connectivity index is 1.89. The summed E-state index contributed by atoms with van der Waals surface area (Å²) < 4.78 is 0. The molecule has 0 aliphatic carbocycles. The van der Waals surface area contributed by atoms with Gasteiger partial charge in [-0.05, 0) is 42.8 Å². The molecule has 0 spiro atoms. The predicted octanol–water partition coefficient (Wildman–Crippen LogP) is 3.50. The fourth-order valence-electron chi connectivity index (χ4n) is 2.19. The van der Waals surface area contributed by atoms with Crippen LogP contribution in [0, 0.1) is 6.92 Å². The van der Waals surface area contributed by atoms with Gasteiger partial charge in [-0.25, -0.2) is 4.98 Å².